The summed E-state index contributed by atoms with van der Waals surface area (Å²) in [5.74, 6) is -1.10. The van der Waals surface area contributed by atoms with E-state index in [-0.39, 0.29) is 5.75 Å². The Morgan fingerprint density at radius 2 is 2.15 bits per heavy atom. The Morgan fingerprint density at radius 1 is 1.46 bits per heavy atom. The fraction of sp³-hybridized carbons (Fsp3) is 0. The van der Waals surface area contributed by atoms with Crippen molar-refractivity contribution in [2.75, 3.05) is 0 Å². The second-order valence-electron chi connectivity index (χ2n) is 2.04. The molecular formula is C7H4FNO3S. The first-order valence-electron chi connectivity index (χ1n) is 3.16. The third-order valence-electron chi connectivity index (χ3n) is 1.26. The van der Waals surface area contributed by atoms with Crippen LogP contribution in [0.25, 0.3) is 0 Å². The van der Waals surface area contributed by atoms with Gasteiger partial charge in [-0.25, -0.2) is 4.39 Å². The molecule has 13 heavy (non-hydrogen) atoms. The molecule has 0 heterocycles. The number of hydrogen-bond acceptors (Lipinski definition) is 4. The summed E-state index contributed by atoms with van der Waals surface area (Å²) >= 11 is 0. The van der Waals surface area contributed by atoms with Crippen LogP contribution in [0.1, 0.15) is 5.56 Å². The first-order chi connectivity index (χ1) is 6.15. The van der Waals surface area contributed by atoms with Crippen LogP contribution >= 0.6 is 0 Å². The lowest BCUT2D eigenvalue weighted by Gasteiger charge is -1.99. The number of halogens is 1. The zero-order valence-corrected chi connectivity index (χ0v) is 7.12. The molecule has 0 spiro atoms. The van der Waals surface area contributed by atoms with Crippen molar-refractivity contribution in [3.8, 4) is 11.8 Å². The molecule has 4 nitrogen and oxygen atoms in total. The molecule has 1 rings (SSSR count). The molecule has 1 aromatic carbocycles. The summed E-state index contributed by atoms with van der Waals surface area (Å²) in [4.78, 5) is 0. The van der Waals surface area contributed by atoms with Crippen LogP contribution in [0, 0.1) is 17.1 Å². The second-order valence-corrected chi connectivity index (χ2v) is 2.67. The van der Waals surface area contributed by atoms with Gasteiger partial charge in [0.25, 0.3) is 11.0 Å². The Morgan fingerprint density at radius 3 is 2.69 bits per heavy atom. The third kappa shape index (κ3) is 2.16. The molecule has 0 aliphatic carbocycles. The molecule has 0 radical (unpaired) electrons. The lowest BCUT2D eigenvalue weighted by Crippen LogP contribution is -1.94. The summed E-state index contributed by atoms with van der Waals surface area (Å²) < 4.78 is 37.3. The van der Waals surface area contributed by atoms with Gasteiger partial charge in [0.15, 0.2) is 5.75 Å². The monoisotopic (exact) mass is 201 g/mol. The van der Waals surface area contributed by atoms with Crippen LogP contribution in [0.3, 0.4) is 0 Å². The van der Waals surface area contributed by atoms with Gasteiger partial charge in [-0.2, -0.15) is 13.7 Å². The van der Waals surface area contributed by atoms with Crippen LogP contribution in [0.5, 0.6) is 5.75 Å². The lowest BCUT2D eigenvalue weighted by atomic mass is 10.2. The second kappa shape index (κ2) is 3.87. The largest absolute Gasteiger partial charge is 0.383 e. The van der Waals surface area contributed by atoms with E-state index in [4.69, 9.17) is 5.26 Å². The highest BCUT2D eigenvalue weighted by atomic mass is 32.2. The zero-order valence-electron chi connectivity index (χ0n) is 6.23. The molecule has 0 N–H and O–H groups in total. The molecule has 0 saturated heterocycles. The summed E-state index contributed by atoms with van der Waals surface area (Å²) in [6.45, 7) is 0. The number of nitrogens with zero attached hydrogens (tertiary/aromatic N) is 1. The van der Waals surface area contributed by atoms with Gasteiger partial charge >= 0.3 is 0 Å². The van der Waals surface area contributed by atoms with Crippen LogP contribution < -0.4 is 4.18 Å². The molecule has 0 aliphatic rings. The van der Waals surface area contributed by atoms with E-state index in [0.717, 1.165) is 6.07 Å². The lowest BCUT2D eigenvalue weighted by molar-refractivity contribution is 0.505. The molecule has 0 aromatic heterocycles. The summed E-state index contributed by atoms with van der Waals surface area (Å²) in [5.41, 5.74) is -0.415. The smallest absolute Gasteiger partial charge is 0.299 e. The van der Waals surface area contributed by atoms with Gasteiger partial charge in [0.2, 0.25) is 0 Å². The molecule has 0 atom stereocenters. The maximum Gasteiger partial charge on any atom is 0.299 e. The topological polar surface area (TPSA) is 67.2 Å². The average Bonchev–Trinajstić information content (AvgIpc) is 2.03. The Bertz CT molecular complexity index is 428. The van der Waals surface area contributed by atoms with Crippen molar-refractivity contribution in [2.45, 2.75) is 0 Å². The fourth-order valence-electron chi connectivity index (χ4n) is 0.769. The predicted octanol–water partition coefficient (Wildman–Crippen LogP) is 0.603. The standard InChI is InChI=1S/C7H4FNO3S/c8-6-2-1-3-7(5(6)4-9)12-13(10)11/h1-3,13H. The van der Waals surface area contributed by atoms with Crippen LogP contribution in [-0.2, 0) is 11.0 Å². The molecule has 0 bridgehead atoms. The maximum absolute atomic E-state index is 12.8. The van der Waals surface area contributed by atoms with E-state index in [1.54, 1.807) is 0 Å². The van der Waals surface area contributed by atoms with Gasteiger partial charge in [-0.3, -0.25) is 0 Å². The number of thiol groups is 1. The summed E-state index contributed by atoms with van der Waals surface area (Å²) in [6, 6.07) is 5.00. The minimum absolute atomic E-state index is 0.293. The molecule has 6 heteroatoms. The molecule has 68 valence electrons. The molecule has 0 fully saturated rings. The van der Waals surface area contributed by atoms with Gasteiger partial charge in [-0.1, -0.05) is 6.07 Å². The Hall–Kier alpha value is -1.61. The van der Waals surface area contributed by atoms with Crippen LogP contribution in [0.15, 0.2) is 18.2 Å². The maximum atomic E-state index is 12.8. The highest BCUT2D eigenvalue weighted by Gasteiger charge is 2.08. The van der Waals surface area contributed by atoms with E-state index in [1.165, 1.54) is 18.2 Å². The molecule has 0 unspecified atom stereocenters. The van der Waals surface area contributed by atoms with E-state index in [2.05, 4.69) is 4.18 Å². The summed E-state index contributed by atoms with van der Waals surface area (Å²) in [7, 11) is -3.13. The van der Waals surface area contributed by atoms with E-state index in [0.29, 0.717) is 0 Å². The van der Waals surface area contributed by atoms with Crippen LogP contribution in [0.2, 0.25) is 0 Å². The SMILES string of the molecule is N#Cc1c(F)cccc1O[SH](=O)=O. The number of rotatable bonds is 2. The molecule has 0 saturated carbocycles. The van der Waals surface area contributed by atoms with Crippen molar-refractivity contribution in [2.24, 2.45) is 0 Å². The van der Waals surface area contributed by atoms with Crippen molar-refractivity contribution in [3.05, 3.63) is 29.6 Å². The van der Waals surface area contributed by atoms with Gasteiger partial charge in [0.1, 0.15) is 17.4 Å². The van der Waals surface area contributed by atoms with E-state index in [9.17, 15) is 12.8 Å². The first-order valence-corrected chi connectivity index (χ1v) is 4.25. The van der Waals surface area contributed by atoms with Crippen molar-refractivity contribution in [1.82, 2.24) is 0 Å². The Balaban J connectivity index is 3.22. The van der Waals surface area contributed by atoms with Gasteiger partial charge < -0.3 is 4.18 Å². The molecule has 0 aliphatic heterocycles. The molecule has 1 aromatic rings. The minimum atomic E-state index is -3.13. The molecule has 0 amide bonds. The van der Waals surface area contributed by atoms with Gasteiger partial charge in [0.05, 0.1) is 0 Å². The van der Waals surface area contributed by atoms with E-state index >= 15 is 0 Å². The number of nitriles is 1. The van der Waals surface area contributed by atoms with E-state index in [1.807, 2.05) is 0 Å². The highest BCUT2D eigenvalue weighted by Crippen LogP contribution is 2.19. The van der Waals surface area contributed by atoms with Gasteiger partial charge in [-0.05, 0) is 12.1 Å². The number of benzene rings is 1. The average molecular weight is 201 g/mol. The highest BCUT2D eigenvalue weighted by molar-refractivity contribution is 7.67. The van der Waals surface area contributed by atoms with Crippen molar-refractivity contribution >= 4 is 11.0 Å². The quantitative estimate of drug-likeness (QED) is 0.711. The predicted molar refractivity (Wildman–Crippen MR) is 42.1 cm³/mol. The van der Waals surface area contributed by atoms with Crippen molar-refractivity contribution in [1.29, 1.82) is 5.26 Å². The Labute approximate surface area is 75.3 Å². The fourth-order valence-corrected chi connectivity index (χ4v) is 1.08. The third-order valence-corrected chi connectivity index (χ3v) is 1.61. The molecular weight excluding hydrogens is 197 g/mol. The zero-order chi connectivity index (χ0) is 9.84. The normalized spacial score (nSPS) is 9.62. The van der Waals surface area contributed by atoms with Crippen LogP contribution in [0.4, 0.5) is 4.39 Å². The first kappa shape index (κ1) is 9.48. The van der Waals surface area contributed by atoms with E-state index < -0.39 is 22.4 Å². The summed E-state index contributed by atoms with van der Waals surface area (Å²) in [6.07, 6.45) is 0. The van der Waals surface area contributed by atoms with Gasteiger partial charge in [0, 0.05) is 0 Å². The van der Waals surface area contributed by atoms with Crippen molar-refractivity contribution < 1.29 is 17.0 Å². The minimum Gasteiger partial charge on any atom is -0.383 e. The van der Waals surface area contributed by atoms with Crippen molar-refractivity contribution in [3.63, 3.8) is 0 Å². The number of hydrogen-bond donors (Lipinski definition) is 1. The van der Waals surface area contributed by atoms with Gasteiger partial charge in [-0.15, -0.1) is 0 Å². The van der Waals surface area contributed by atoms with Crippen LogP contribution in [-0.4, -0.2) is 8.42 Å². The summed E-state index contributed by atoms with van der Waals surface area (Å²) in [5, 5.41) is 8.45. The Kier molecular flexibility index (Phi) is 2.82.